The molecule has 0 heterocycles. The van der Waals surface area contributed by atoms with E-state index in [1.165, 1.54) is 0 Å². The van der Waals surface area contributed by atoms with Crippen molar-refractivity contribution in [3.63, 3.8) is 0 Å². The molecule has 1 N–H and O–H groups in total. The second-order valence-corrected chi connectivity index (χ2v) is 5.63. The van der Waals surface area contributed by atoms with Gasteiger partial charge in [-0.15, -0.1) is 0 Å². The lowest BCUT2D eigenvalue weighted by atomic mass is 9.94. The molecule has 0 fully saturated rings. The van der Waals surface area contributed by atoms with Crippen molar-refractivity contribution < 1.29 is 9.47 Å². The standard InChI is InChI=1S/C15H33NO2/c1-7-9-14(17-5)13(16-12-8-2)10-11-15(3,4)18-6/h13-14,16H,7-12H2,1-6H3. The van der Waals surface area contributed by atoms with Crippen molar-refractivity contribution in [3.8, 4) is 0 Å². The highest BCUT2D eigenvalue weighted by molar-refractivity contribution is 4.80. The molecule has 0 bridgehead atoms. The summed E-state index contributed by atoms with van der Waals surface area (Å²) in [6.45, 7) is 9.76. The molecule has 2 atom stereocenters. The van der Waals surface area contributed by atoms with Crippen LogP contribution in [-0.2, 0) is 9.47 Å². The SMILES string of the molecule is CCCNC(CCC(C)(C)OC)C(CCC)OC. The summed E-state index contributed by atoms with van der Waals surface area (Å²) in [6.07, 6.45) is 5.90. The van der Waals surface area contributed by atoms with Gasteiger partial charge in [-0.05, 0) is 46.1 Å². The van der Waals surface area contributed by atoms with Gasteiger partial charge in [-0.3, -0.25) is 0 Å². The van der Waals surface area contributed by atoms with Gasteiger partial charge < -0.3 is 14.8 Å². The predicted octanol–water partition coefficient (Wildman–Crippen LogP) is 3.37. The largest absolute Gasteiger partial charge is 0.380 e. The number of methoxy groups -OCH3 is 2. The summed E-state index contributed by atoms with van der Waals surface area (Å²) in [7, 11) is 3.61. The van der Waals surface area contributed by atoms with Crippen molar-refractivity contribution in [2.24, 2.45) is 0 Å². The zero-order valence-electron chi connectivity index (χ0n) is 13.2. The molecular formula is C15H33NO2. The normalized spacial score (nSPS) is 15.7. The first-order valence-electron chi connectivity index (χ1n) is 7.32. The second-order valence-electron chi connectivity index (χ2n) is 5.63. The van der Waals surface area contributed by atoms with Gasteiger partial charge in [-0.25, -0.2) is 0 Å². The molecule has 3 nitrogen and oxygen atoms in total. The average molecular weight is 259 g/mol. The van der Waals surface area contributed by atoms with Crippen LogP contribution in [0.15, 0.2) is 0 Å². The van der Waals surface area contributed by atoms with Crippen LogP contribution in [0.5, 0.6) is 0 Å². The number of nitrogens with one attached hydrogen (secondary N) is 1. The molecule has 0 amide bonds. The molecule has 18 heavy (non-hydrogen) atoms. The molecule has 0 aromatic carbocycles. The summed E-state index contributed by atoms with van der Waals surface area (Å²) in [5.41, 5.74) is -0.0450. The third-order valence-corrected chi connectivity index (χ3v) is 3.59. The summed E-state index contributed by atoms with van der Waals surface area (Å²) in [5, 5.41) is 3.62. The van der Waals surface area contributed by atoms with Crippen LogP contribution in [0.3, 0.4) is 0 Å². The molecule has 0 aliphatic rings. The Morgan fingerprint density at radius 1 is 1.06 bits per heavy atom. The van der Waals surface area contributed by atoms with Gasteiger partial charge in [0.1, 0.15) is 0 Å². The van der Waals surface area contributed by atoms with Crippen LogP contribution in [0.2, 0.25) is 0 Å². The van der Waals surface area contributed by atoms with Gasteiger partial charge in [0.2, 0.25) is 0 Å². The van der Waals surface area contributed by atoms with E-state index in [1.807, 2.05) is 7.11 Å². The van der Waals surface area contributed by atoms with E-state index in [0.29, 0.717) is 12.1 Å². The van der Waals surface area contributed by atoms with Gasteiger partial charge in [0.05, 0.1) is 11.7 Å². The first kappa shape index (κ1) is 17.9. The molecule has 0 rings (SSSR count). The number of hydrogen-bond acceptors (Lipinski definition) is 3. The monoisotopic (exact) mass is 259 g/mol. The topological polar surface area (TPSA) is 30.5 Å². The lowest BCUT2D eigenvalue weighted by molar-refractivity contribution is 0.00113. The highest BCUT2D eigenvalue weighted by Crippen LogP contribution is 2.20. The van der Waals surface area contributed by atoms with E-state index in [2.05, 4.69) is 33.0 Å². The van der Waals surface area contributed by atoms with E-state index < -0.39 is 0 Å². The maximum atomic E-state index is 5.65. The minimum absolute atomic E-state index is 0.0450. The second kappa shape index (κ2) is 9.76. The first-order chi connectivity index (χ1) is 8.50. The van der Waals surface area contributed by atoms with E-state index in [-0.39, 0.29) is 5.60 Å². The Balaban J connectivity index is 4.36. The van der Waals surface area contributed by atoms with Gasteiger partial charge in [0, 0.05) is 20.3 Å². The molecule has 0 spiro atoms. The van der Waals surface area contributed by atoms with Crippen molar-refractivity contribution in [1.29, 1.82) is 0 Å². The summed E-state index contributed by atoms with van der Waals surface area (Å²) in [5.74, 6) is 0. The minimum atomic E-state index is -0.0450. The highest BCUT2D eigenvalue weighted by atomic mass is 16.5. The zero-order valence-corrected chi connectivity index (χ0v) is 13.2. The van der Waals surface area contributed by atoms with Gasteiger partial charge in [0.15, 0.2) is 0 Å². The molecule has 0 aliphatic heterocycles. The van der Waals surface area contributed by atoms with Crippen LogP contribution >= 0.6 is 0 Å². The summed E-state index contributed by atoms with van der Waals surface area (Å²) < 4.78 is 11.1. The van der Waals surface area contributed by atoms with Crippen LogP contribution in [-0.4, -0.2) is 38.5 Å². The van der Waals surface area contributed by atoms with Crippen LogP contribution in [0.4, 0.5) is 0 Å². The smallest absolute Gasteiger partial charge is 0.0724 e. The maximum Gasteiger partial charge on any atom is 0.0724 e. The van der Waals surface area contributed by atoms with Crippen molar-refractivity contribution in [2.45, 2.75) is 77.5 Å². The third kappa shape index (κ3) is 7.34. The number of ether oxygens (including phenoxy) is 2. The predicted molar refractivity (Wildman–Crippen MR) is 78.1 cm³/mol. The molecular weight excluding hydrogens is 226 g/mol. The Morgan fingerprint density at radius 2 is 1.72 bits per heavy atom. The minimum Gasteiger partial charge on any atom is -0.380 e. The van der Waals surface area contributed by atoms with E-state index in [0.717, 1.165) is 38.6 Å². The molecule has 2 unspecified atom stereocenters. The molecule has 0 aromatic heterocycles. The Morgan fingerprint density at radius 3 is 2.17 bits per heavy atom. The lowest BCUT2D eigenvalue weighted by Crippen LogP contribution is -2.42. The number of hydrogen-bond donors (Lipinski definition) is 1. The van der Waals surface area contributed by atoms with Gasteiger partial charge in [-0.1, -0.05) is 20.3 Å². The van der Waals surface area contributed by atoms with Gasteiger partial charge >= 0.3 is 0 Å². The zero-order chi connectivity index (χ0) is 14.0. The van der Waals surface area contributed by atoms with Crippen molar-refractivity contribution in [1.82, 2.24) is 5.32 Å². The van der Waals surface area contributed by atoms with Crippen LogP contribution in [0.25, 0.3) is 0 Å². The van der Waals surface area contributed by atoms with Gasteiger partial charge in [0.25, 0.3) is 0 Å². The van der Waals surface area contributed by atoms with Crippen molar-refractivity contribution in [2.75, 3.05) is 20.8 Å². The summed E-state index contributed by atoms with van der Waals surface area (Å²) in [6, 6.07) is 0.435. The Labute approximate surface area is 114 Å². The fourth-order valence-electron chi connectivity index (χ4n) is 2.12. The Bertz CT molecular complexity index is 195. The third-order valence-electron chi connectivity index (χ3n) is 3.59. The maximum absolute atomic E-state index is 5.65. The quantitative estimate of drug-likeness (QED) is 0.617. The van der Waals surface area contributed by atoms with Crippen LogP contribution in [0.1, 0.15) is 59.8 Å². The van der Waals surface area contributed by atoms with E-state index in [9.17, 15) is 0 Å². The average Bonchev–Trinajstić information content (AvgIpc) is 2.37. The van der Waals surface area contributed by atoms with Crippen molar-refractivity contribution in [3.05, 3.63) is 0 Å². The lowest BCUT2D eigenvalue weighted by Gasteiger charge is -2.30. The van der Waals surface area contributed by atoms with E-state index in [1.54, 1.807) is 7.11 Å². The molecule has 0 saturated carbocycles. The van der Waals surface area contributed by atoms with Gasteiger partial charge in [-0.2, -0.15) is 0 Å². The van der Waals surface area contributed by atoms with Crippen LogP contribution < -0.4 is 5.32 Å². The molecule has 0 saturated heterocycles. The Hall–Kier alpha value is -0.120. The van der Waals surface area contributed by atoms with Crippen molar-refractivity contribution >= 4 is 0 Å². The summed E-state index contributed by atoms with van der Waals surface area (Å²) >= 11 is 0. The van der Waals surface area contributed by atoms with E-state index >= 15 is 0 Å². The number of rotatable bonds is 11. The molecule has 0 radical (unpaired) electrons. The fourth-order valence-corrected chi connectivity index (χ4v) is 2.12. The molecule has 0 aliphatic carbocycles. The van der Waals surface area contributed by atoms with E-state index in [4.69, 9.17) is 9.47 Å². The van der Waals surface area contributed by atoms with Crippen LogP contribution in [0, 0.1) is 0 Å². The highest BCUT2D eigenvalue weighted by Gasteiger charge is 2.24. The molecule has 0 aromatic rings. The fraction of sp³-hybridized carbons (Fsp3) is 1.00. The summed E-state index contributed by atoms with van der Waals surface area (Å²) in [4.78, 5) is 0. The molecule has 3 heteroatoms. The Kier molecular flexibility index (Phi) is 9.70. The molecule has 110 valence electrons. The first-order valence-corrected chi connectivity index (χ1v) is 7.32.